The van der Waals surface area contributed by atoms with Gasteiger partial charge in [0.1, 0.15) is 5.00 Å². The van der Waals surface area contributed by atoms with Gasteiger partial charge in [0.05, 0.1) is 17.2 Å². The second-order valence-corrected chi connectivity index (χ2v) is 8.97. The van der Waals surface area contributed by atoms with Gasteiger partial charge in [-0.2, -0.15) is 0 Å². The summed E-state index contributed by atoms with van der Waals surface area (Å²) < 4.78 is 6.12. The molecule has 0 spiro atoms. The molecule has 0 fully saturated rings. The molecule has 1 aliphatic carbocycles. The number of carbonyl (C=O) groups excluding carboxylic acids is 1. The van der Waals surface area contributed by atoms with Crippen LogP contribution in [0.2, 0.25) is 5.02 Å². The van der Waals surface area contributed by atoms with E-state index < -0.39 is 0 Å². The predicted octanol–water partition coefficient (Wildman–Crippen LogP) is 6.42. The molecule has 0 radical (unpaired) electrons. The van der Waals surface area contributed by atoms with Crippen molar-refractivity contribution in [2.45, 2.75) is 39.0 Å². The van der Waals surface area contributed by atoms with Gasteiger partial charge in [0.2, 0.25) is 0 Å². The maximum Gasteiger partial charge on any atom is 0.341 e. The summed E-state index contributed by atoms with van der Waals surface area (Å²) in [7, 11) is 0. The van der Waals surface area contributed by atoms with Crippen LogP contribution >= 0.6 is 51.1 Å². The van der Waals surface area contributed by atoms with E-state index in [0.29, 0.717) is 22.3 Å². The van der Waals surface area contributed by atoms with Crippen LogP contribution in [0.1, 0.15) is 47.0 Å². The first kappa shape index (κ1) is 20.6. The summed E-state index contributed by atoms with van der Waals surface area (Å²) in [5.41, 5.74) is 2.53. The van der Waals surface area contributed by atoms with Crippen LogP contribution in [0, 0.1) is 0 Å². The number of nitrogens with one attached hydrogen (secondary N) is 2. The van der Waals surface area contributed by atoms with E-state index in [9.17, 15) is 4.79 Å². The zero-order valence-electron chi connectivity index (χ0n) is 14.9. The van der Waals surface area contributed by atoms with Gasteiger partial charge < -0.3 is 15.4 Å². The van der Waals surface area contributed by atoms with Gasteiger partial charge >= 0.3 is 5.97 Å². The summed E-state index contributed by atoms with van der Waals surface area (Å²) in [6.45, 7) is 2.17. The van der Waals surface area contributed by atoms with E-state index in [1.165, 1.54) is 11.3 Å². The Morgan fingerprint density at radius 2 is 2.07 bits per heavy atom. The topological polar surface area (TPSA) is 50.4 Å². The molecule has 1 aromatic carbocycles. The van der Waals surface area contributed by atoms with Crippen molar-refractivity contribution in [1.29, 1.82) is 0 Å². The number of hydrogen-bond acceptors (Lipinski definition) is 4. The van der Waals surface area contributed by atoms with E-state index in [-0.39, 0.29) is 5.97 Å². The van der Waals surface area contributed by atoms with Gasteiger partial charge in [-0.3, -0.25) is 0 Å². The Bertz CT molecular complexity index is 870. The summed E-state index contributed by atoms with van der Waals surface area (Å²) in [4.78, 5) is 13.8. The third kappa shape index (κ3) is 5.02. The Balaban J connectivity index is 1.83. The Hall–Kier alpha value is -1.15. The molecule has 0 bridgehead atoms. The maximum atomic E-state index is 12.6. The van der Waals surface area contributed by atoms with Crippen LogP contribution in [0.5, 0.6) is 0 Å². The Morgan fingerprint density at radius 1 is 1.30 bits per heavy atom. The predicted molar refractivity (Wildman–Crippen MR) is 121 cm³/mol. The highest BCUT2D eigenvalue weighted by atomic mass is 79.9. The van der Waals surface area contributed by atoms with E-state index in [4.69, 9.17) is 28.6 Å². The van der Waals surface area contributed by atoms with E-state index >= 15 is 0 Å². The molecule has 0 atom stereocenters. The molecule has 0 saturated carbocycles. The first-order valence-electron chi connectivity index (χ1n) is 8.84. The average Bonchev–Trinajstić information content (AvgIpc) is 2.79. The molecular weight excluding hydrogens is 468 g/mol. The van der Waals surface area contributed by atoms with Crippen LogP contribution in [-0.2, 0) is 17.6 Å². The lowest BCUT2D eigenvalue weighted by molar-refractivity contribution is 0.0527. The summed E-state index contributed by atoms with van der Waals surface area (Å²) in [6.07, 6.45) is 5.34. The standard InChI is InChI=1S/C19H20BrClN2O2S2/c1-2-25-18(24)16-12-6-4-3-5-7-15(12)27-17(16)23-19(26)22-11-8-9-13(20)14(21)10-11/h8-10H,2-7H2,1H3,(H2,22,23,26). The normalized spacial score (nSPS) is 13.4. The number of rotatable bonds is 4. The van der Waals surface area contributed by atoms with Gasteiger partial charge in [-0.25, -0.2) is 4.79 Å². The number of aryl methyl sites for hydroxylation is 1. The van der Waals surface area contributed by atoms with Gasteiger partial charge in [0.25, 0.3) is 0 Å². The molecule has 144 valence electrons. The number of ether oxygens (including phenoxy) is 1. The lowest BCUT2D eigenvalue weighted by Crippen LogP contribution is -2.20. The zero-order chi connectivity index (χ0) is 19.4. The van der Waals surface area contributed by atoms with Crippen molar-refractivity contribution < 1.29 is 9.53 Å². The minimum Gasteiger partial charge on any atom is -0.462 e. The Morgan fingerprint density at radius 3 is 2.81 bits per heavy atom. The number of carbonyl (C=O) groups is 1. The van der Waals surface area contributed by atoms with Gasteiger partial charge in [-0.15, -0.1) is 11.3 Å². The minimum atomic E-state index is -0.283. The monoisotopic (exact) mass is 486 g/mol. The van der Waals surface area contributed by atoms with Crippen molar-refractivity contribution in [2.24, 2.45) is 0 Å². The zero-order valence-corrected chi connectivity index (χ0v) is 18.8. The SMILES string of the molecule is CCOC(=O)c1c(NC(=S)Nc2ccc(Br)c(Cl)c2)sc2c1CCCCC2. The number of benzene rings is 1. The molecule has 3 rings (SSSR count). The molecule has 0 saturated heterocycles. The first-order chi connectivity index (χ1) is 13.0. The quantitative estimate of drug-likeness (QED) is 0.296. The fourth-order valence-electron chi connectivity index (χ4n) is 3.09. The van der Waals surface area contributed by atoms with Crippen molar-refractivity contribution in [3.05, 3.63) is 43.7 Å². The highest BCUT2D eigenvalue weighted by molar-refractivity contribution is 9.10. The third-order valence-electron chi connectivity index (χ3n) is 4.31. The van der Waals surface area contributed by atoms with Gasteiger partial charge in [-0.1, -0.05) is 18.0 Å². The minimum absolute atomic E-state index is 0.283. The smallest absolute Gasteiger partial charge is 0.341 e. The molecule has 1 aliphatic rings. The number of thiocarbonyl (C=S) groups is 1. The van der Waals surface area contributed by atoms with Crippen LogP contribution < -0.4 is 10.6 Å². The lowest BCUT2D eigenvalue weighted by atomic mass is 10.1. The molecule has 1 aromatic heterocycles. The molecule has 0 aliphatic heterocycles. The summed E-state index contributed by atoms with van der Waals surface area (Å²) in [5, 5.41) is 8.07. The highest BCUT2D eigenvalue weighted by Crippen LogP contribution is 2.38. The summed E-state index contributed by atoms with van der Waals surface area (Å²) in [6, 6.07) is 5.51. The van der Waals surface area contributed by atoms with Gasteiger partial charge in [0, 0.05) is 15.0 Å². The molecule has 2 N–H and O–H groups in total. The number of hydrogen-bond donors (Lipinski definition) is 2. The van der Waals surface area contributed by atoms with Crippen molar-refractivity contribution in [2.75, 3.05) is 17.2 Å². The van der Waals surface area contributed by atoms with Crippen molar-refractivity contribution in [3.8, 4) is 0 Å². The van der Waals surface area contributed by atoms with Crippen LogP contribution in [0.3, 0.4) is 0 Å². The number of anilines is 2. The van der Waals surface area contributed by atoms with Crippen molar-refractivity contribution >= 4 is 72.9 Å². The van der Waals surface area contributed by atoms with Crippen LogP contribution in [-0.4, -0.2) is 17.7 Å². The van der Waals surface area contributed by atoms with E-state index in [1.807, 2.05) is 19.1 Å². The van der Waals surface area contributed by atoms with Gasteiger partial charge in [0.15, 0.2) is 5.11 Å². The lowest BCUT2D eigenvalue weighted by Gasteiger charge is -2.12. The second-order valence-electron chi connectivity index (χ2n) is 6.20. The Labute approximate surface area is 181 Å². The number of esters is 1. The Kier molecular flexibility index (Phi) is 7.14. The summed E-state index contributed by atoms with van der Waals surface area (Å²) >= 11 is 16.6. The largest absolute Gasteiger partial charge is 0.462 e. The van der Waals surface area contributed by atoms with Gasteiger partial charge in [-0.05, 0) is 84.5 Å². The van der Waals surface area contributed by atoms with E-state index in [2.05, 4.69) is 26.6 Å². The van der Waals surface area contributed by atoms with Crippen LogP contribution in [0.4, 0.5) is 10.7 Å². The first-order valence-corrected chi connectivity index (χ1v) is 11.2. The molecule has 27 heavy (non-hydrogen) atoms. The fourth-order valence-corrected chi connectivity index (χ4v) is 5.08. The van der Waals surface area contributed by atoms with Crippen molar-refractivity contribution in [1.82, 2.24) is 0 Å². The van der Waals surface area contributed by atoms with Crippen LogP contribution in [0.25, 0.3) is 0 Å². The van der Waals surface area contributed by atoms with E-state index in [0.717, 1.165) is 46.4 Å². The molecule has 1 heterocycles. The van der Waals surface area contributed by atoms with E-state index in [1.54, 1.807) is 17.4 Å². The molecule has 8 heteroatoms. The molecular formula is C19H20BrClN2O2S2. The molecule has 4 nitrogen and oxygen atoms in total. The second kappa shape index (κ2) is 9.37. The van der Waals surface area contributed by atoms with Crippen molar-refractivity contribution in [3.63, 3.8) is 0 Å². The number of thiophene rings is 1. The molecule has 0 amide bonds. The number of fused-ring (bicyclic) bond motifs is 1. The third-order valence-corrected chi connectivity index (χ3v) is 6.95. The maximum absolute atomic E-state index is 12.6. The fraction of sp³-hybridized carbons (Fsp3) is 0.368. The number of halogens is 2. The molecule has 2 aromatic rings. The summed E-state index contributed by atoms with van der Waals surface area (Å²) in [5.74, 6) is -0.283. The average molecular weight is 488 g/mol. The molecule has 0 unspecified atom stereocenters. The van der Waals surface area contributed by atoms with Crippen LogP contribution in [0.15, 0.2) is 22.7 Å². The highest BCUT2D eigenvalue weighted by Gasteiger charge is 2.26.